The molecule has 30 heavy (non-hydrogen) atoms. The molecule has 0 saturated heterocycles. The number of rotatable bonds is 7. The van der Waals surface area contributed by atoms with Crippen LogP contribution >= 0.6 is 0 Å². The van der Waals surface area contributed by atoms with Gasteiger partial charge in [-0.2, -0.15) is 0 Å². The molecule has 4 nitrogen and oxygen atoms in total. The molecule has 5 heteroatoms. The summed E-state index contributed by atoms with van der Waals surface area (Å²) in [6.45, 7) is 3.74. The maximum Gasteiger partial charge on any atom is 0.180 e. The number of hydrogen-bond donors (Lipinski definition) is 1. The first-order chi connectivity index (χ1) is 14.4. The van der Waals surface area contributed by atoms with Crippen LogP contribution in [0.5, 0.6) is 0 Å². The summed E-state index contributed by atoms with van der Waals surface area (Å²) >= 11 is 0. The lowest BCUT2D eigenvalue weighted by Gasteiger charge is -2.17. The number of aromatic nitrogens is 1. The lowest BCUT2D eigenvalue weighted by Crippen LogP contribution is -2.09. The predicted octanol–water partition coefficient (Wildman–Crippen LogP) is 4.42. The highest BCUT2D eigenvalue weighted by Gasteiger charge is 2.18. The van der Waals surface area contributed by atoms with Gasteiger partial charge in [0.1, 0.15) is 0 Å². The highest BCUT2D eigenvalue weighted by atomic mass is 32.2. The largest absolute Gasteiger partial charge is 0.395 e. The first-order valence-corrected chi connectivity index (χ1v) is 11.6. The zero-order valence-electron chi connectivity index (χ0n) is 17.2. The fraction of sp³-hybridized carbons (Fsp3) is 0.240. The van der Waals surface area contributed by atoms with Crippen molar-refractivity contribution in [2.45, 2.75) is 31.6 Å². The lowest BCUT2D eigenvalue weighted by molar-refractivity contribution is 0.319. The van der Waals surface area contributed by atoms with Crippen LogP contribution in [0, 0.1) is 19.3 Å². The highest BCUT2D eigenvalue weighted by molar-refractivity contribution is 7.91. The molecule has 0 atom stereocenters. The van der Waals surface area contributed by atoms with E-state index in [0.29, 0.717) is 0 Å². The molecule has 1 aromatic heterocycles. The van der Waals surface area contributed by atoms with Gasteiger partial charge in [0.05, 0.1) is 22.9 Å². The molecule has 2 aromatic carbocycles. The summed E-state index contributed by atoms with van der Waals surface area (Å²) in [5, 5.41) is 8.99. The van der Waals surface area contributed by atoms with Crippen LogP contribution in [-0.2, 0) is 16.3 Å². The van der Waals surface area contributed by atoms with E-state index in [4.69, 9.17) is 11.5 Å². The highest BCUT2D eigenvalue weighted by Crippen LogP contribution is 2.36. The Morgan fingerprint density at radius 3 is 2.43 bits per heavy atom. The van der Waals surface area contributed by atoms with E-state index >= 15 is 0 Å². The van der Waals surface area contributed by atoms with Crippen molar-refractivity contribution in [2.24, 2.45) is 0 Å². The summed E-state index contributed by atoms with van der Waals surface area (Å²) in [6, 6.07) is 14.6. The molecule has 154 valence electrons. The van der Waals surface area contributed by atoms with E-state index in [1.165, 1.54) is 0 Å². The topological polar surface area (TPSA) is 67.3 Å². The van der Waals surface area contributed by atoms with Crippen LogP contribution in [0.1, 0.15) is 30.0 Å². The third kappa shape index (κ3) is 4.30. The molecular weight excluding hydrogens is 394 g/mol. The Morgan fingerprint density at radius 1 is 1.10 bits per heavy atom. The van der Waals surface area contributed by atoms with Crippen molar-refractivity contribution in [3.8, 4) is 34.7 Å². The van der Waals surface area contributed by atoms with Crippen molar-refractivity contribution in [3.05, 3.63) is 71.4 Å². The van der Waals surface area contributed by atoms with Crippen molar-refractivity contribution in [3.63, 3.8) is 0 Å². The SMILES string of the molecule is C#Cc1c(-c2ccc(S(=O)(=O)CCO)cc2)ccc(CCC)c1-c1ncccc1C. The first kappa shape index (κ1) is 21.8. The quantitative estimate of drug-likeness (QED) is 0.576. The van der Waals surface area contributed by atoms with Crippen molar-refractivity contribution in [1.29, 1.82) is 0 Å². The van der Waals surface area contributed by atoms with E-state index < -0.39 is 16.4 Å². The van der Waals surface area contributed by atoms with Crippen LogP contribution < -0.4 is 0 Å². The second-order valence-corrected chi connectivity index (χ2v) is 9.26. The molecule has 3 rings (SSSR count). The van der Waals surface area contributed by atoms with Gasteiger partial charge < -0.3 is 5.11 Å². The molecule has 0 aliphatic rings. The Labute approximate surface area is 178 Å². The van der Waals surface area contributed by atoms with Gasteiger partial charge in [-0.15, -0.1) is 6.42 Å². The van der Waals surface area contributed by atoms with E-state index in [0.717, 1.165) is 51.9 Å². The first-order valence-electron chi connectivity index (χ1n) is 9.91. The normalized spacial score (nSPS) is 11.3. The number of aryl methyl sites for hydroxylation is 2. The molecule has 1 N–H and O–H groups in total. The molecule has 0 aliphatic heterocycles. The van der Waals surface area contributed by atoms with Gasteiger partial charge in [-0.3, -0.25) is 4.98 Å². The molecule has 0 amide bonds. The second kappa shape index (κ2) is 9.25. The van der Waals surface area contributed by atoms with Gasteiger partial charge in [0.25, 0.3) is 0 Å². The van der Waals surface area contributed by atoms with Crippen LogP contribution in [-0.4, -0.2) is 30.9 Å². The van der Waals surface area contributed by atoms with Gasteiger partial charge >= 0.3 is 0 Å². The molecule has 0 aliphatic carbocycles. The minimum atomic E-state index is -3.50. The third-order valence-corrected chi connectivity index (χ3v) is 6.80. The molecule has 0 bridgehead atoms. The minimum absolute atomic E-state index is 0.186. The van der Waals surface area contributed by atoms with Crippen LogP contribution in [0.15, 0.2) is 59.6 Å². The van der Waals surface area contributed by atoms with Crippen molar-refractivity contribution >= 4 is 9.84 Å². The summed E-state index contributed by atoms with van der Waals surface area (Å²) in [6.07, 6.45) is 9.62. The van der Waals surface area contributed by atoms with Gasteiger partial charge in [-0.05, 0) is 53.8 Å². The summed E-state index contributed by atoms with van der Waals surface area (Å²) in [5.41, 5.74) is 6.50. The summed E-state index contributed by atoms with van der Waals surface area (Å²) in [7, 11) is -3.50. The van der Waals surface area contributed by atoms with Gasteiger partial charge in [0.15, 0.2) is 9.84 Å². The molecule has 0 unspecified atom stereocenters. The zero-order chi connectivity index (χ0) is 21.7. The summed E-state index contributed by atoms with van der Waals surface area (Å²) in [5.74, 6) is 2.57. The number of terminal acetylenes is 1. The molecule has 0 radical (unpaired) electrons. The average Bonchev–Trinajstić information content (AvgIpc) is 2.74. The molecule has 1 heterocycles. The van der Waals surface area contributed by atoms with E-state index in [1.54, 1.807) is 30.5 Å². The maximum absolute atomic E-state index is 12.2. The maximum atomic E-state index is 12.2. The Bertz CT molecular complexity index is 1190. The molecule has 0 spiro atoms. The number of sulfone groups is 1. The van der Waals surface area contributed by atoms with Gasteiger partial charge in [0.2, 0.25) is 0 Å². The second-order valence-electron chi connectivity index (χ2n) is 7.15. The van der Waals surface area contributed by atoms with E-state index in [2.05, 4.69) is 23.9 Å². The Balaban J connectivity index is 2.19. The van der Waals surface area contributed by atoms with Crippen LogP contribution in [0.3, 0.4) is 0 Å². The van der Waals surface area contributed by atoms with E-state index in [9.17, 15) is 8.42 Å². The molecular formula is C25H25NO3S. The number of hydrogen-bond acceptors (Lipinski definition) is 4. The third-order valence-electron chi connectivity index (χ3n) is 5.09. The van der Waals surface area contributed by atoms with Crippen molar-refractivity contribution < 1.29 is 13.5 Å². The standard InChI is InChI=1S/C25H25NO3S/c1-4-7-20-11-14-23(19-9-12-21(13-10-19)30(28,29)17-16-27)22(5-2)24(20)25-18(3)8-6-15-26-25/h2,6,8-15,27H,4,7,16-17H2,1,3H3. The monoisotopic (exact) mass is 419 g/mol. The van der Waals surface area contributed by atoms with Crippen LogP contribution in [0.4, 0.5) is 0 Å². The lowest BCUT2D eigenvalue weighted by atomic mass is 9.88. The molecule has 0 saturated carbocycles. The molecule has 3 aromatic rings. The zero-order valence-corrected chi connectivity index (χ0v) is 18.0. The fourth-order valence-electron chi connectivity index (χ4n) is 3.61. The Hall–Kier alpha value is -2.94. The van der Waals surface area contributed by atoms with Crippen LogP contribution in [0.2, 0.25) is 0 Å². The van der Waals surface area contributed by atoms with Crippen molar-refractivity contribution in [1.82, 2.24) is 4.98 Å². The average molecular weight is 420 g/mol. The number of benzene rings is 2. The smallest absolute Gasteiger partial charge is 0.180 e. The number of aliphatic hydroxyl groups is 1. The number of nitrogens with zero attached hydrogens (tertiary/aromatic N) is 1. The fourth-order valence-corrected chi connectivity index (χ4v) is 4.64. The van der Waals surface area contributed by atoms with Gasteiger partial charge in [-0.25, -0.2) is 8.42 Å². The Morgan fingerprint density at radius 2 is 1.83 bits per heavy atom. The number of pyridine rings is 1. The minimum Gasteiger partial charge on any atom is -0.395 e. The Kier molecular flexibility index (Phi) is 6.71. The van der Waals surface area contributed by atoms with Crippen molar-refractivity contribution in [2.75, 3.05) is 12.4 Å². The van der Waals surface area contributed by atoms with Gasteiger partial charge in [0, 0.05) is 17.3 Å². The number of aliphatic hydroxyl groups excluding tert-OH is 1. The van der Waals surface area contributed by atoms with E-state index in [-0.39, 0.29) is 10.6 Å². The summed E-state index contributed by atoms with van der Waals surface area (Å²) < 4.78 is 24.4. The predicted molar refractivity (Wildman–Crippen MR) is 121 cm³/mol. The van der Waals surface area contributed by atoms with Crippen LogP contribution in [0.25, 0.3) is 22.4 Å². The van der Waals surface area contributed by atoms with E-state index in [1.807, 2.05) is 25.1 Å². The summed E-state index contributed by atoms with van der Waals surface area (Å²) in [4.78, 5) is 4.79. The molecule has 0 fully saturated rings. The van der Waals surface area contributed by atoms with Gasteiger partial charge in [-0.1, -0.05) is 49.6 Å².